The molecule has 3 fully saturated rings. The molecule has 1 amide bonds. The van der Waals surface area contributed by atoms with Crippen molar-refractivity contribution in [3.8, 4) is 5.69 Å². The third-order valence-electron chi connectivity index (χ3n) is 7.60. The van der Waals surface area contributed by atoms with Gasteiger partial charge in [-0.15, -0.1) is 5.06 Å². The molecule has 5 aliphatic rings. The van der Waals surface area contributed by atoms with Gasteiger partial charge in [-0.25, -0.2) is 9.98 Å². The van der Waals surface area contributed by atoms with Gasteiger partial charge in [-0.3, -0.25) is 9.36 Å². The number of nitrogens with two attached hydrogens (primary N) is 1. The molecule has 31 heavy (non-hydrogen) atoms. The molecule has 160 valence electrons. The van der Waals surface area contributed by atoms with Crippen LogP contribution in [0.4, 0.5) is 0 Å². The van der Waals surface area contributed by atoms with Gasteiger partial charge in [0.1, 0.15) is 12.5 Å². The quantitative estimate of drug-likeness (QED) is 0.806. The number of amides is 1. The van der Waals surface area contributed by atoms with Crippen molar-refractivity contribution in [1.82, 2.24) is 19.5 Å². The highest BCUT2D eigenvalue weighted by Crippen LogP contribution is 2.52. The first kappa shape index (κ1) is 17.9. The summed E-state index contributed by atoms with van der Waals surface area (Å²) in [5, 5.41) is 1.84. The van der Waals surface area contributed by atoms with Crippen molar-refractivity contribution in [3.63, 3.8) is 0 Å². The lowest BCUT2D eigenvalue weighted by Gasteiger charge is -2.39. The van der Waals surface area contributed by atoms with Gasteiger partial charge >= 0.3 is 0 Å². The van der Waals surface area contributed by atoms with Crippen LogP contribution >= 0.6 is 0 Å². The van der Waals surface area contributed by atoms with Crippen LogP contribution in [0.15, 0.2) is 35.6 Å². The Balaban J connectivity index is 1.33. The minimum atomic E-state index is -0.0328. The van der Waals surface area contributed by atoms with Crippen molar-refractivity contribution in [3.05, 3.63) is 47.5 Å². The minimum Gasteiger partial charge on any atom is -0.380 e. The van der Waals surface area contributed by atoms with Gasteiger partial charge < -0.3 is 15.5 Å². The second kappa shape index (κ2) is 6.40. The van der Waals surface area contributed by atoms with Gasteiger partial charge in [-0.2, -0.15) is 0 Å². The van der Waals surface area contributed by atoms with Gasteiger partial charge in [-0.1, -0.05) is 12.1 Å². The molecule has 0 spiro atoms. The van der Waals surface area contributed by atoms with Gasteiger partial charge in [0, 0.05) is 12.5 Å². The molecule has 1 unspecified atom stereocenters. The highest BCUT2D eigenvalue weighted by atomic mass is 16.7. The zero-order chi connectivity index (χ0) is 20.7. The van der Waals surface area contributed by atoms with E-state index in [0.29, 0.717) is 24.0 Å². The number of para-hydroxylation sites is 1. The summed E-state index contributed by atoms with van der Waals surface area (Å²) in [6, 6.07) is 7.75. The van der Waals surface area contributed by atoms with Gasteiger partial charge in [0.25, 0.3) is 11.8 Å². The van der Waals surface area contributed by atoms with E-state index in [1.54, 1.807) is 0 Å². The fourth-order valence-electron chi connectivity index (χ4n) is 5.70. The molecule has 8 heteroatoms. The maximum atomic E-state index is 13.1. The Morgan fingerprint density at radius 1 is 1.13 bits per heavy atom. The lowest BCUT2D eigenvalue weighted by molar-refractivity contribution is -0.101. The average Bonchev–Trinajstić information content (AvgIpc) is 3.68. The Hall–Kier alpha value is -2.71. The standard InChI is InChI=1S/C23H26N6O2/c24-11-29-21(18(13-5-6-13)14-7-8-14)26-22(31-29)19-20-17-9-10-27(17)23(30)15-3-1-2-4-16(15)28(20)12-25-19/h1-4,12-14,17-18,21H,5-11,24H2/t17-,21?/m0/s1. The van der Waals surface area contributed by atoms with Crippen LogP contribution in [0.25, 0.3) is 5.69 Å². The van der Waals surface area contributed by atoms with Crippen LogP contribution in [0.3, 0.4) is 0 Å². The molecule has 0 bridgehead atoms. The first-order chi connectivity index (χ1) is 15.2. The van der Waals surface area contributed by atoms with Crippen LogP contribution in [0.1, 0.15) is 59.9 Å². The molecular formula is C23H26N6O2. The zero-order valence-electron chi connectivity index (χ0n) is 17.4. The smallest absolute Gasteiger partial charge is 0.263 e. The first-order valence-corrected chi connectivity index (χ1v) is 11.4. The maximum Gasteiger partial charge on any atom is 0.263 e. The molecule has 4 heterocycles. The van der Waals surface area contributed by atoms with Gasteiger partial charge in [0.2, 0.25) is 0 Å². The van der Waals surface area contributed by atoms with E-state index in [1.165, 1.54) is 25.7 Å². The second-order valence-corrected chi connectivity index (χ2v) is 9.46. The van der Waals surface area contributed by atoms with E-state index in [9.17, 15) is 4.79 Å². The number of hydrogen-bond donors (Lipinski definition) is 1. The summed E-state index contributed by atoms with van der Waals surface area (Å²) in [4.78, 5) is 31.1. The number of benzene rings is 1. The van der Waals surface area contributed by atoms with Crippen LogP contribution in [-0.4, -0.2) is 50.7 Å². The summed E-state index contributed by atoms with van der Waals surface area (Å²) in [6.07, 6.45) is 7.85. The molecule has 7 rings (SSSR count). The monoisotopic (exact) mass is 418 g/mol. The third kappa shape index (κ3) is 2.58. The lowest BCUT2D eigenvalue weighted by atomic mass is 9.94. The Kier molecular flexibility index (Phi) is 3.70. The number of fused-ring (bicyclic) bond motifs is 5. The summed E-state index contributed by atoms with van der Waals surface area (Å²) in [5.41, 5.74) is 9.40. The van der Waals surface area contributed by atoms with Gasteiger partial charge in [0.05, 0.1) is 29.7 Å². The fraction of sp³-hybridized carbons (Fsp3) is 0.522. The van der Waals surface area contributed by atoms with E-state index < -0.39 is 0 Å². The van der Waals surface area contributed by atoms with Crippen molar-refractivity contribution in [2.45, 2.75) is 44.3 Å². The molecule has 2 aliphatic carbocycles. The van der Waals surface area contributed by atoms with E-state index in [-0.39, 0.29) is 18.1 Å². The van der Waals surface area contributed by atoms with E-state index >= 15 is 0 Å². The molecule has 1 aromatic heterocycles. The van der Waals surface area contributed by atoms with Crippen molar-refractivity contribution in [1.29, 1.82) is 0 Å². The number of hydroxylamine groups is 2. The first-order valence-electron chi connectivity index (χ1n) is 11.4. The summed E-state index contributed by atoms with van der Waals surface area (Å²) < 4.78 is 2.05. The van der Waals surface area contributed by atoms with Crippen LogP contribution in [0.2, 0.25) is 0 Å². The SMILES string of the molecule is NCN1OC(c2ncn3c2[C@@H]2CCN2C(=O)c2ccccc2-3)=NC1C(C1CC1)C1CC1. The van der Waals surface area contributed by atoms with E-state index in [1.807, 2.05) is 40.6 Å². The number of aromatic nitrogens is 2. The van der Waals surface area contributed by atoms with Crippen LogP contribution in [0, 0.1) is 17.8 Å². The maximum absolute atomic E-state index is 13.1. The fourth-order valence-corrected chi connectivity index (χ4v) is 5.70. The number of aliphatic imine (C=N–C) groups is 1. The zero-order valence-corrected chi connectivity index (χ0v) is 17.4. The predicted octanol–water partition coefficient (Wildman–Crippen LogP) is 2.45. The normalized spacial score (nSPS) is 27.2. The number of carbonyl (C=O) groups excluding carboxylic acids is 1. The van der Waals surface area contributed by atoms with Crippen LogP contribution in [0.5, 0.6) is 0 Å². The molecule has 3 aliphatic heterocycles. The summed E-state index contributed by atoms with van der Waals surface area (Å²) in [7, 11) is 0. The molecule has 0 radical (unpaired) electrons. The molecule has 8 nitrogen and oxygen atoms in total. The average molecular weight is 419 g/mol. The van der Waals surface area contributed by atoms with Crippen LogP contribution in [-0.2, 0) is 4.84 Å². The molecule has 1 aromatic carbocycles. The summed E-state index contributed by atoms with van der Waals surface area (Å²) in [5.74, 6) is 2.63. The van der Waals surface area contributed by atoms with Crippen LogP contribution < -0.4 is 5.73 Å². The Morgan fingerprint density at radius 2 is 1.90 bits per heavy atom. The number of imidazole rings is 1. The topological polar surface area (TPSA) is 89.0 Å². The molecule has 2 saturated carbocycles. The van der Waals surface area contributed by atoms with Crippen molar-refractivity contribution >= 4 is 11.8 Å². The third-order valence-corrected chi connectivity index (χ3v) is 7.60. The molecule has 2 atom stereocenters. The van der Waals surface area contributed by atoms with E-state index in [2.05, 4.69) is 4.57 Å². The summed E-state index contributed by atoms with van der Waals surface area (Å²) in [6.45, 7) is 1.07. The van der Waals surface area contributed by atoms with Crippen molar-refractivity contribution in [2.24, 2.45) is 28.5 Å². The van der Waals surface area contributed by atoms with E-state index in [0.717, 1.165) is 41.9 Å². The largest absolute Gasteiger partial charge is 0.380 e. The van der Waals surface area contributed by atoms with E-state index in [4.69, 9.17) is 20.5 Å². The number of nitrogens with zero attached hydrogens (tertiary/aromatic N) is 5. The highest BCUT2D eigenvalue weighted by molar-refractivity contribution is 6.00. The number of hydrogen-bond acceptors (Lipinski definition) is 6. The van der Waals surface area contributed by atoms with Crippen molar-refractivity contribution in [2.75, 3.05) is 13.2 Å². The molecular weight excluding hydrogens is 392 g/mol. The predicted molar refractivity (Wildman–Crippen MR) is 113 cm³/mol. The number of rotatable bonds is 5. The van der Waals surface area contributed by atoms with Crippen molar-refractivity contribution < 1.29 is 9.63 Å². The Bertz CT molecular complexity index is 1090. The molecule has 1 saturated heterocycles. The summed E-state index contributed by atoms with van der Waals surface area (Å²) >= 11 is 0. The molecule has 2 aromatic rings. The lowest BCUT2D eigenvalue weighted by Crippen LogP contribution is -2.45. The Labute approximate surface area is 180 Å². The Morgan fingerprint density at radius 3 is 2.58 bits per heavy atom. The van der Waals surface area contributed by atoms with Gasteiger partial charge in [-0.05, 0) is 56.1 Å². The molecule has 2 N–H and O–H groups in total. The second-order valence-electron chi connectivity index (χ2n) is 9.46. The van der Waals surface area contributed by atoms with Gasteiger partial charge in [0.15, 0.2) is 5.69 Å². The minimum absolute atomic E-state index is 0.00302. The number of carbonyl (C=O) groups is 1. The highest BCUT2D eigenvalue weighted by Gasteiger charge is 2.51.